The molecule has 0 saturated heterocycles. The topological polar surface area (TPSA) is 69.7 Å². The number of ether oxygens (including phenoxy) is 2. The van der Waals surface area contributed by atoms with Crippen molar-refractivity contribution in [2.75, 3.05) is 14.2 Å². The molecule has 2 aromatic carbocycles. The van der Waals surface area contributed by atoms with Gasteiger partial charge < -0.3 is 9.47 Å². The number of carbonyl (C=O) groups is 3. The first-order valence-electron chi connectivity index (χ1n) is 8.29. The Kier molecular flexibility index (Phi) is 6.28. The van der Waals surface area contributed by atoms with Crippen LogP contribution in [0.3, 0.4) is 0 Å². The summed E-state index contributed by atoms with van der Waals surface area (Å²) in [6, 6.07) is 13.7. The molecule has 0 aliphatic heterocycles. The summed E-state index contributed by atoms with van der Waals surface area (Å²) in [6.07, 6.45) is 0. The van der Waals surface area contributed by atoms with Crippen molar-refractivity contribution in [2.45, 2.75) is 25.7 Å². The predicted octanol–water partition coefficient (Wildman–Crippen LogP) is 3.74. The molecule has 0 aromatic heterocycles. The van der Waals surface area contributed by atoms with Gasteiger partial charge in [-0.2, -0.15) is 0 Å². The van der Waals surface area contributed by atoms with Gasteiger partial charge in [0.1, 0.15) is 5.78 Å². The van der Waals surface area contributed by atoms with E-state index >= 15 is 0 Å². The number of benzene rings is 2. The molecule has 26 heavy (non-hydrogen) atoms. The maximum Gasteiger partial charge on any atom is 0.337 e. The molecule has 5 heteroatoms. The highest BCUT2D eigenvalue weighted by molar-refractivity contribution is 5.93. The van der Waals surface area contributed by atoms with Gasteiger partial charge in [-0.15, -0.1) is 0 Å². The average molecular weight is 354 g/mol. The van der Waals surface area contributed by atoms with E-state index in [2.05, 4.69) is 9.47 Å². The molecule has 0 saturated carbocycles. The molecule has 0 amide bonds. The molecular weight excluding hydrogens is 332 g/mol. The van der Waals surface area contributed by atoms with Gasteiger partial charge in [0.2, 0.25) is 0 Å². The van der Waals surface area contributed by atoms with Crippen LogP contribution < -0.4 is 0 Å². The monoisotopic (exact) mass is 354 g/mol. The molecule has 0 spiro atoms. The van der Waals surface area contributed by atoms with Crippen LogP contribution in [0.15, 0.2) is 48.5 Å². The molecule has 0 radical (unpaired) electrons. The maximum absolute atomic E-state index is 12.8. The molecule has 0 bridgehead atoms. The third kappa shape index (κ3) is 4.17. The zero-order chi connectivity index (χ0) is 19.3. The highest BCUT2D eigenvalue weighted by atomic mass is 16.5. The second-order valence-electron chi connectivity index (χ2n) is 6.07. The third-order valence-corrected chi connectivity index (χ3v) is 4.52. The summed E-state index contributed by atoms with van der Waals surface area (Å²) in [5, 5.41) is 0. The number of hydrogen-bond donors (Lipinski definition) is 0. The number of rotatable bonds is 6. The fourth-order valence-corrected chi connectivity index (χ4v) is 2.75. The molecule has 5 nitrogen and oxygen atoms in total. The van der Waals surface area contributed by atoms with Gasteiger partial charge in [-0.1, -0.05) is 38.1 Å². The molecule has 0 aliphatic rings. The summed E-state index contributed by atoms with van der Waals surface area (Å²) in [5.74, 6) is -1.40. The van der Waals surface area contributed by atoms with E-state index in [1.54, 1.807) is 48.5 Å². The van der Waals surface area contributed by atoms with Gasteiger partial charge in [0.15, 0.2) is 0 Å². The minimum Gasteiger partial charge on any atom is -0.465 e. The minimum atomic E-state index is -0.408. The zero-order valence-corrected chi connectivity index (χ0v) is 15.3. The van der Waals surface area contributed by atoms with Crippen molar-refractivity contribution < 1.29 is 23.9 Å². The standard InChI is InChI=1S/C21H22O5/c1-13(15-5-9-17(10-6-15)20(23)25-3)19(22)14(2)16-7-11-18(12-8-16)21(24)26-4/h5-14H,1-4H3. The van der Waals surface area contributed by atoms with Crippen molar-refractivity contribution in [3.8, 4) is 0 Å². The second kappa shape index (κ2) is 8.43. The smallest absolute Gasteiger partial charge is 0.337 e. The first-order chi connectivity index (χ1) is 12.4. The van der Waals surface area contributed by atoms with Crippen LogP contribution >= 0.6 is 0 Å². The highest BCUT2D eigenvalue weighted by Gasteiger charge is 2.23. The lowest BCUT2D eigenvalue weighted by atomic mass is 9.85. The molecule has 0 fully saturated rings. The lowest BCUT2D eigenvalue weighted by Gasteiger charge is -2.17. The van der Waals surface area contributed by atoms with Crippen molar-refractivity contribution in [3.05, 3.63) is 70.8 Å². The van der Waals surface area contributed by atoms with Crippen molar-refractivity contribution in [3.63, 3.8) is 0 Å². The first-order valence-corrected chi connectivity index (χ1v) is 8.29. The van der Waals surface area contributed by atoms with Gasteiger partial charge in [-0.05, 0) is 35.4 Å². The van der Waals surface area contributed by atoms with Crippen LogP contribution in [-0.4, -0.2) is 31.9 Å². The molecule has 0 N–H and O–H groups in total. The van der Waals surface area contributed by atoms with Gasteiger partial charge in [-0.3, -0.25) is 4.79 Å². The van der Waals surface area contributed by atoms with E-state index in [9.17, 15) is 14.4 Å². The SMILES string of the molecule is COC(=O)c1ccc(C(C)C(=O)C(C)c2ccc(C(=O)OC)cc2)cc1. The Morgan fingerprint density at radius 2 is 0.962 bits per heavy atom. The summed E-state index contributed by atoms with van der Waals surface area (Å²) < 4.78 is 9.35. The van der Waals surface area contributed by atoms with E-state index in [-0.39, 0.29) is 17.6 Å². The Labute approximate surface area is 152 Å². The lowest BCUT2D eigenvalue weighted by molar-refractivity contribution is -0.121. The largest absolute Gasteiger partial charge is 0.465 e. The molecule has 2 atom stereocenters. The number of methoxy groups -OCH3 is 2. The molecular formula is C21H22O5. The van der Waals surface area contributed by atoms with Crippen molar-refractivity contribution in [1.29, 1.82) is 0 Å². The van der Waals surface area contributed by atoms with E-state index in [1.165, 1.54) is 14.2 Å². The van der Waals surface area contributed by atoms with E-state index in [0.717, 1.165) is 11.1 Å². The van der Waals surface area contributed by atoms with Crippen LogP contribution in [0.1, 0.15) is 57.5 Å². The van der Waals surface area contributed by atoms with E-state index < -0.39 is 11.9 Å². The predicted molar refractivity (Wildman–Crippen MR) is 97.4 cm³/mol. The lowest BCUT2D eigenvalue weighted by Crippen LogP contribution is -2.17. The molecule has 2 rings (SSSR count). The van der Waals surface area contributed by atoms with Crippen LogP contribution in [-0.2, 0) is 14.3 Å². The number of hydrogen-bond acceptors (Lipinski definition) is 5. The van der Waals surface area contributed by atoms with Gasteiger partial charge in [0.25, 0.3) is 0 Å². The molecule has 2 aromatic rings. The van der Waals surface area contributed by atoms with Gasteiger partial charge in [0.05, 0.1) is 25.3 Å². The number of esters is 2. The third-order valence-electron chi connectivity index (χ3n) is 4.52. The fraction of sp³-hybridized carbons (Fsp3) is 0.286. The number of ketones is 1. The van der Waals surface area contributed by atoms with Crippen molar-refractivity contribution >= 4 is 17.7 Å². The van der Waals surface area contributed by atoms with Crippen LogP contribution in [0, 0.1) is 0 Å². The van der Waals surface area contributed by atoms with E-state index in [4.69, 9.17) is 0 Å². The Balaban J connectivity index is 2.14. The van der Waals surface area contributed by atoms with E-state index in [1.807, 2.05) is 13.8 Å². The highest BCUT2D eigenvalue weighted by Crippen LogP contribution is 2.26. The summed E-state index contributed by atoms with van der Waals surface area (Å²) in [4.78, 5) is 35.8. The zero-order valence-electron chi connectivity index (χ0n) is 15.3. The first kappa shape index (κ1) is 19.4. The second-order valence-corrected chi connectivity index (χ2v) is 6.07. The summed E-state index contributed by atoms with van der Waals surface area (Å²) >= 11 is 0. The molecule has 0 heterocycles. The molecule has 2 unspecified atom stereocenters. The fourth-order valence-electron chi connectivity index (χ4n) is 2.75. The summed E-state index contributed by atoms with van der Waals surface area (Å²) in [7, 11) is 2.66. The Morgan fingerprint density at radius 3 is 1.23 bits per heavy atom. The quantitative estimate of drug-likeness (QED) is 0.739. The minimum absolute atomic E-state index is 0.0571. The van der Waals surface area contributed by atoms with Gasteiger partial charge in [-0.25, -0.2) is 9.59 Å². The Hall–Kier alpha value is -2.95. The average Bonchev–Trinajstić information content (AvgIpc) is 2.71. The van der Waals surface area contributed by atoms with Crippen molar-refractivity contribution in [1.82, 2.24) is 0 Å². The molecule has 136 valence electrons. The van der Waals surface area contributed by atoms with Gasteiger partial charge in [0, 0.05) is 11.8 Å². The Bertz CT molecular complexity index is 723. The number of carbonyl (C=O) groups excluding carboxylic acids is 3. The van der Waals surface area contributed by atoms with Crippen LogP contribution in [0.5, 0.6) is 0 Å². The van der Waals surface area contributed by atoms with Crippen LogP contribution in [0.25, 0.3) is 0 Å². The van der Waals surface area contributed by atoms with Gasteiger partial charge >= 0.3 is 11.9 Å². The normalized spacial score (nSPS) is 12.8. The van der Waals surface area contributed by atoms with E-state index in [0.29, 0.717) is 11.1 Å². The maximum atomic E-state index is 12.8. The number of Topliss-reactive ketones (excluding diaryl/α,β-unsaturated/α-hetero) is 1. The summed E-state index contributed by atoms with van der Waals surface area (Å²) in [6.45, 7) is 3.68. The van der Waals surface area contributed by atoms with Crippen molar-refractivity contribution in [2.24, 2.45) is 0 Å². The molecule has 0 aliphatic carbocycles. The Morgan fingerprint density at radius 1 is 0.654 bits per heavy atom. The van der Waals surface area contributed by atoms with Crippen LogP contribution in [0.2, 0.25) is 0 Å². The summed E-state index contributed by atoms with van der Waals surface area (Å²) in [5.41, 5.74) is 2.56. The van der Waals surface area contributed by atoms with Crippen LogP contribution in [0.4, 0.5) is 0 Å².